The molecule has 4 atom stereocenters. The summed E-state index contributed by atoms with van der Waals surface area (Å²) in [5.74, 6) is -0.737. The van der Waals surface area contributed by atoms with Crippen LogP contribution in [-0.4, -0.2) is 55.4 Å². The van der Waals surface area contributed by atoms with Crippen molar-refractivity contribution in [1.29, 1.82) is 0 Å². The number of benzene rings is 1. The van der Waals surface area contributed by atoms with Crippen LogP contribution in [0.4, 0.5) is 5.69 Å². The Hall–Kier alpha value is -2.47. The van der Waals surface area contributed by atoms with Gasteiger partial charge in [-0.15, -0.1) is 0 Å². The first kappa shape index (κ1) is 18.6. The molecule has 2 saturated heterocycles. The van der Waals surface area contributed by atoms with Crippen LogP contribution >= 0.6 is 0 Å². The lowest BCUT2D eigenvalue weighted by molar-refractivity contribution is -0.175. The highest BCUT2D eigenvalue weighted by atomic mass is 16.5. The summed E-state index contributed by atoms with van der Waals surface area (Å²) >= 11 is 0. The molecule has 29 heavy (non-hydrogen) atoms. The SMILES string of the molecule is CC=C1[C@@H]2C3=Nc4ccccc4[C@@]34CCN2CC[C@@H]1[C@@]4(COC(C)=O)C(=O)OC. The van der Waals surface area contributed by atoms with E-state index in [4.69, 9.17) is 14.5 Å². The van der Waals surface area contributed by atoms with Gasteiger partial charge in [-0.1, -0.05) is 24.3 Å². The standard InChI is InChI=1S/C23H26N2O4/c1-4-15-16-9-11-25-12-10-22(23(16,21(27)28-3)13-29-14(2)26)17-7-5-6-8-18(17)24-20(22)19(15)25/h4-8,16,19H,9-13H2,1-3H3/t16-,19+,22-,23-/m0/s1. The zero-order valence-electron chi connectivity index (χ0n) is 17.1. The lowest BCUT2D eigenvalue weighted by Gasteiger charge is -2.64. The number of carbonyl (C=O) groups is 2. The Morgan fingerprint density at radius 3 is 2.83 bits per heavy atom. The molecule has 6 heteroatoms. The highest BCUT2D eigenvalue weighted by Crippen LogP contribution is 2.66. The molecule has 0 unspecified atom stereocenters. The average molecular weight is 394 g/mol. The number of allylic oxidation sites excluding steroid dienone is 1. The van der Waals surface area contributed by atoms with E-state index >= 15 is 0 Å². The summed E-state index contributed by atoms with van der Waals surface area (Å²) in [5, 5.41) is 0. The molecule has 1 saturated carbocycles. The van der Waals surface area contributed by atoms with Crippen molar-refractivity contribution in [1.82, 2.24) is 4.90 Å². The number of para-hydroxylation sites is 1. The average Bonchev–Trinajstić information content (AvgIpc) is 3.08. The van der Waals surface area contributed by atoms with Gasteiger partial charge in [-0.2, -0.15) is 0 Å². The topological polar surface area (TPSA) is 68.2 Å². The van der Waals surface area contributed by atoms with Gasteiger partial charge in [0.2, 0.25) is 0 Å². The third-order valence-corrected chi connectivity index (χ3v) is 7.61. The number of aliphatic imine (C=N–C) groups is 1. The quantitative estimate of drug-likeness (QED) is 0.583. The van der Waals surface area contributed by atoms with Crippen LogP contribution < -0.4 is 0 Å². The molecule has 0 spiro atoms. The number of piperidine rings is 2. The van der Waals surface area contributed by atoms with E-state index in [9.17, 15) is 9.59 Å². The second-order valence-corrected chi connectivity index (χ2v) is 8.48. The van der Waals surface area contributed by atoms with E-state index in [0.717, 1.165) is 42.9 Å². The maximum atomic E-state index is 13.7. The van der Waals surface area contributed by atoms with Crippen molar-refractivity contribution in [2.24, 2.45) is 16.3 Å². The maximum absolute atomic E-state index is 13.7. The zero-order valence-corrected chi connectivity index (χ0v) is 17.1. The minimum atomic E-state index is -1.01. The third kappa shape index (κ3) is 2.08. The summed E-state index contributed by atoms with van der Waals surface area (Å²) in [6, 6.07) is 8.20. The van der Waals surface area contributed by atoms with Crippen LogP contribution in [0.3, 0.4) is 0 Å². The first-order valence-electron chi connectivity index (χ1n) is 10.3. The second kappa shape index (κ2) is 6.26. The molecular weight excluding hydrogens is 368 g/mol. The number of rotatable bonds is 3. The summed E-state index contributed by atoms with van der Waals surface area (Å²) in [5.41, 5.74) is 2.60. The van der Waals surface area contributed by atoms with E-state index in [2.05, 4.69) is 17.0 Å². The molecule has 0 radical (unpaired) electrons. The number of hydrogen-bond acceptors (Lipinski definition) is 6. The van der Waals surface area contributed by atoms with Gasteiger partial charge in [0.1, 0.15) is 12.0 Å². The summed E-state index contributed by atoms with van der Waals surface area (Å²) in [4.78, 5) is 33.1. The summed E-state index contributed by atoms with van der Waals surface area (Å²) in [7, 11) is 1.44. The first-order chi connectivity index (χ1) is 14.0. The van der Waals surface area contributed by atoms with Gasteiger partial charge in [0.15, 0.2) is 0 Å². The number of esters is 2. The fourth-order valence-corrected chi connectivity index (χ4v) is 6.60. The first-order valence-corrected chi connectivity index (χ1v) is 10.3. The maximum Gasteiger partial charge on any atom is 0.317 e. The Morgan fingerprint density at radius 1 is 1.31 bits per heavy atom. The number of carbonyl (C=O) groups excluding carboxylic acids is 2. The Kier molecular flexibility index (Phi) is 4.01. The van der Waals surface area contributed by atoms with Crippen molar-refractivity contribution in [3.05, 3.63) is 41.5 Å². The molecule has 0 aromatic heterocycles. The molecule has 3 heterocycles. The van der Waals surface area contributed by atoms with Crippen molar-refractivity contribution in [2.75, 3.05) is 26.8 Å². The van der Waals surface area contributed by atoms with Crippen molar-refractivity contribution in [2.45, 2.75) is 38.1 Å². The number of ether oxygens (including phenoxy) is 2. The van der Waals surface area contributed by atoms with Gasteiger partial charge in [-0.3, -0.25) is 19.5 Å². The number of nitrogens with zero attached hydrogens (tertiary/aromatic N) is 2. The predicted molar refractivity (Wildman–Crippen MR) is 108 cm³/mol. The fraction of sp³-hybridized carbons (Fsp3) is 0.522. The minimum absolute atomic E-state index is 0.0110. The van der Waals surface area contributed by atoms with Crippen molar-refractivity contribution in [3.8, 4) is 0 Å². The highest BCUT2D eigenvalue weighted by Gasteiger charge is 2.74. The molecule has 0 N–H and O–H groups in total. The molecule has 6 nitrogen and oxygen atoms in total. The Balaban J connectivity index is 1.85. The molecule has 3 fully saturated rings. The Labute approximate surface area is 170 Å². The van der Waals surface area contributed by atoms with Gasteiger partial charge in [0.05, 0.1) is 30.0 Å². The molecule has 4 aliphatic rings. The fourth-order valence-electron chi connectivity index (χ4n) is 6.60. The van der Waals surface area contributed by atoms with Crippen LogP contribution in [-0.2, 0) is 24.5 Å². The number of hydrogen-bond donors (Lipinski definition) is 0. The Bertz CT molecular complexity index is 967. The van der Waals surface area contributed by atoms with E-state index in [-0.39, 0.29) is 30.5 Å². The second-order valence-electron chi connectivity index (χ2n) is 8.48. The van der Waals surface area contributed by atoms with E-state index in [1.807, 2.05) is 25.1 Å². The molecule has 1 aromatic rings. The largest absolute Gasteiger partial charge is 0.468 e. The van der Waals surface area contributed by atoms with Gasteiger partial charge >= 0.3 is 11.9 Å². The van der Waals surface area contributed by atoms with Gasteiger partial charge < -0.3 is 9.47 Å². The van der Waals surface area contributed by atoms with E-state index < -0.39 is 10.8 Å². The van der Waals surface area contributed by atoms with Gasteiger partial charge in [0, 0.05) is 19.4 Å². The van der Waals surface area contributed by atoms with Crippen molar-refractivity contribution in [3.63, 3.8) is 0 Å². The number of methoxy groups -OCH3 is 1. The molecular formula is C23H26N2O4. The molecule has 0 amide bonds. The lowest BCUT2D eigenvalue weighted by Crippen LogP contribution is -2.75. The molecule has 3 bridgehead atoms. The predicted octanol–water partition coefficient (Wildman–Crippen LogP) is 2.79. The minimum Gasteiger partial charge on any atom is -0.468 e. The van der Waals surface area contributed by atoms with E-state index in [0.29, 0.717) is 0 Å². The summed E-state index contributed by atoms with van der Waals surface area (Å²) in [6.07, 6.45) is 3.74. The molecule has 5 rings (SSSR count). The summed E-state index contributed by atoms with van der Waals surface area (Å²) < 4.78 is 11.1. The van der Waals surface area contributed by atoms with E-state index in [1.54, 1.807) is 0 Å². The summed E-state index contributed by atoms with van der Waals surface area (Å²) in [6.45, 7) is 5.21. The smallest absolute Gasteiger partial charge is 0.317 e. The molecule has 152 valence electrons. The van der Waals surface area contributed by atoms with Gasteiger partial charge in [0.25, 0.3) is 0 Å². The number of fused-ring (bicyclic) bond motifs is 2. The molecule has 1 aliphatic carbocycles. The van der Waals surface area contributed by atoms with Crippen molar-refractivity contribution >= 4 is 23.3 Å². The van der Waals surface area contributed by atoms with Crippen LogP contribution in [0.15, 0.2) is 40.9 Å². The van der Waals surface area contributed by atoms with Crippen LogP contribution in [0, 0.1) is 11.3 Å². The molecule has 3 aliphatic heterocycles. The Morgan fingerprint density at radius 2 is 2.10 bits per heavy atom. The van der Waals surface area contributed by atoms with E-state index in [1.165, 1.54) is 19.6 Å². The lowest BCUT2D eigenvalue weighted by atomic mass is 9.43. The van der Waals surface area contributed by atoms with Gasteiger partial charge in [-0.25, -0.2) is 0 Å². The normalized spacial score (nSPS) is 35.7. The molecule has 1 aromatic carbocycles. The third-order valence-electron chi connectivity index (χ3n) is 7.61. The monoisotopic (exact) mass is 394 g/mol. The van der Waals surface area contributed by atoms with Crippen molar-refractivity contribution < 1.29 is 19.1 Å². The van der Waals surface area contributed by atoms with Crippen LogP contribution in [0.25, 0.3) is 0 Å². The van der Waals surface area contributed by atoms with Crippen LogP contribution in [0.5, 0.6) is 0 Å². The van der Waals surface area contributed by atoms with Crippen LogP contribution in [0.1, 0.15) is 32.3 Å². The zero-order chi connectivity index (χ0) is 20.4. The highest BCUT2D eigenvalue weighted by molar-refractivity contribution is 6.13. The van der Waals surface area contributed by atoms with Gasteiger partial charge in [-0.05, 0) is 43.5 Å². The van der Waals surface area contributed by atoms with Crippen LogP contribution in [0.2, 0.25) is 0 Å².